The van der Waals surface area contributed by atoms with E-state index in [1.807, 2.05) is 16.8 Å². The Morgan fingerprint density at radius 2 is 1.86 bits per heavy atom. The second-order valence-corrected chi connectivity index (χ2v) is 8.43. The van der Waals surface area contributed by atoms with Crippen molar-refractivity contribution in [3.63, 3.8) is 0 Å². The number of ether oxygens (including phenoxy) is 1. The summed E-state index contributed by atoms with van der Waals surface area (Å²) in [7, 11) is 3.55. The Labute approximate surface area is 169 Å². The van der Waals surface area contributed by atoms with Crippen molar-refractivity contribution in [1.82, 2.24) is 9.80 Å². The van der Waals surface area contributed by atoms with Crippen LogP contribution in [0.3, 0.4) is 0 Å². The Bertz CT molecular complexity index is 678. The van der Waals surface area contributed by atoms with E-state index in [-0.39, 0.29) is 24.5 Å². The van der Waals surface area contributed by atoms with Gasteiger partial charge in [-0.15, -0.1) is 0 Å². The summed E-state index contributed by atoms with van der Waals surface area (Å²) in [5.74, 6) is 1.01. The molecule has 1 saturated carbocycles. The van der Waals surface area contributed by atoms with Crippen LogP contribution >= 0.6 is 0 Å². The molecule has 1 aromatic rings. The highest BCUT2D eigenvalue weighted by atomic mass is 16.5. The van der Waals surface area contributed by atoms with Crippen molar-refractivity contribution < 1.29 is 14.3 Å². The van der Waals surface area contributed by atoms with Crippen molar-refractivity contribution in [2.45, 2.75) is 51.5 Å². The number of carbonyl (C=O) groups excluding carboxylic acids is 2. The number of benzene rings is 1. The average Bonchev–Trinajstić information content (AvgIpc) is 2.66. The number of amides is 2. The zero-order valence-electron chi connectivity index (χ0n) is 17.5. The summed E-state index contributed by atoms with van der Waals surface area (Å²) in [6, 6.07) is 8.66. The van der Waals surface area contributed by atoms with Gasteiger partial charge < -0.3 is 14.5 Å². The van der Waals surface area contributed by atoms with Crippen molar-refractivity contribution in [3.8, 4) is 0 Å². The van der Waals surface area contributed by atoms with Gasteiger partial charge in [-0.05, 0) is 56.1 Å². The highest BCUT2D eigenvalue weighted by Gasteiger charge is 2.36. The molecule has 1 saturated heterocycles. The van der Waals surface area contributed by atoms with Gasteiger partial charge in [-0.1, -0.05) is 30.7 Å². The van der Waals surface area contributed by atoms with Gasteiger partial charge in [-0.25, -0.2) is 0 Å². The Morgan fingerprint density at radius 3 is 2.43 bits per heavy atom. The molecule has 28 heavy (non-hydrogen) atoms. The molecule has 5 heteroatoms. The molecular weight excluding hydrogens is 352 g/mol. The number of likely N-dealkylation sites (N-methyl/N-ethyl adjacent to an activating group) is 1. The van der Waals surface area contributed by atoms with Crippen LogP contribution in [0, 0.1) is 18.8 Å². The highest BCUT2D eigenvalue weighted by molar-refractivity contribution is 5.80. The van der Waals surface area contributed by atoms with Crippen LogP contribution in [0.1, 0.15) is 43.2 Å². The van der Waals surface area contributed by atoms with Gasteiger partial charge in [0.25, 0.3) is 0 Å². The summed E-state index contributed by atoms with van der Waals surface area (Å²) in [5.41, 5.74) is 2.60. The molecule has 5 nitrogen and oxygen atoms in total. The molecule has 2 fully saturated rings. The molecule has 154 valence electrons. The zero-order valence-corrected chi connectivity index (χ0v) is 17.5. The predicted molar refractivity (Wildman–Crippen MR) is 110 cm³/mol. The number of nitrogens with zero attached hydrogens (tertiary/aromatic N) is 2. The van der Waals surface area contributed by atoms with Crippen LogP contribution in [0.25, 0.3) is 0 Å². The van der Waals surface area contributed by atoms with E-state index in [0.29, 0.717) is 11.8 Å². The fourth-order valence-corrected chi connectivity index (χ4v) is 4.54. The molecule has 1 atom stereocenters. The van der Waals surface area contributed by atoms with Crippen LogP contribution in [0.2, 0.25) is 0 Å². The summed E-state index contributed by atoms with van der Waals surface area (Å²) in [5, 5.41) is 0. The molecule has 0 spiro atoms. The van der Waals surface area contributed by atoms with Crippen molar-refractivity contribution in [2.24, 2.45) is 11.8 Å². The molecule has 1 aliphatic carbocycles. The third-order valence-corrected chi connectivity index (χ3v) is 6.69. The first kappa shape index (κ1) is 20.8. The van der Waals surface area contributed by atoms with Crippen molar-refractivity contribution in [3.05, 3.63) is 35.4 Å². The third-order valence-electron chi connectivity index (χ3n) is 6.69. The number of carbonyl (C=O) groups is 2. The molecule has 2 amide bonds. The van der Waals surface area contributed by atoms with Crippen molar-refractivity contribution in [1.29, 1.82) is 0 Å². The summed E-state index contributed by atoms with van der Waals surface area (Å²) in [6.45, 7) is 3.80. The van der Waals surface area contributed by atoms with E-state index in [9.17, 15) is 9.59 Å². The maximum Gasteiger partial charge on any atom is 0.248 e. The van der Waals surface area contributed by atoms with Crippen LogP contribution in [0.5, 0.6) is 0 Å². The third kappa shape index (κ3) is 4.75. The van der Waals surface area contributed by atoms with Gasteiger partial charge in [0, 0.05) is 39.2 Å². The molecule has 2 aliphatic rings. The Kier molecular flexibility index (Phi) is 7.11. The monoisotopic (exact) mass is 386 g/mol. The first-order valence-electron chi connectivity index (χ1n) is 10.6. The highest BCUT2D eigenvalue weighted by Crippen LogP contribution is 2.32. The maximum absolute atomic E-state index is 13.0. The van der Waals surface area contributed by atoms with Gasteiger partial charge in [0.05, 0.1) is 0 Å². The standard InChI is InChI=1S/C23H34N2O3/c1-17-7-4-5-8-20(17)15-21(24(2)23(27)19-9-6-10-19)18-11-13-25(14-12-18)22(26)16-28-3/h4-5,7-8,18-19,21H,6,9-16H2,1-3H3. The minimum absolute atomic E-state index is 0.0651. The molecule has 1 heterocycles. The van der Waals surface area contributed by atoms with Crippen LogP contribution in [0.15, 0.2) is 24.3 Å². The maximum atomic E-state index is 13.0. The minimum atomic E-state index is 0.0651. The molecular formula is C23H34N2O3. The average molecular weight is 387 g/mol. The first-order valence-corrected chi connectivity index (χ1v) is 10.6. The summed E-state index contributed by atoms with van der Waals surface area (Å²) < 4.78 is 4.99. The van der Waals surface area contributed by atoms with Crippen molar-refractivity contribution >= 4 is 11.8 Å². The van der Waals surface area contributed by atoms with Crippen LogP contribution in [0.4, 0.5) is 0 Å². The summed E-state index contributed by atoms with van der Waals surface area (Å²) in [6.07, 6.45) is 6.00. The van der Waals surface area contributed by atoms with E-state index < -0.39 is 0 Å². The van der Waals surface area contributed by atoms with E-state index in [2.05, 4.69) is 31.2 Å². The van der Waals surface area contributed by atoms with Crippen molar-refractivity contribution in [2.75, 3.05) is 33.9 Å². The summed E-state index contributed by atoms with van der Waals surface area (Å²) >= 11 is 0. The molecule has 0 aromatic heterocycles. The van der Waals surface area contributed by atoms with Crippen LogP contribution in [-0.2, 0) is 20.7 Å². The molecule has 1 unspecified atom stereocenters. The SMILES string of the molecule is COCC(=O)N1CCC(C(Cc2ccccc2C)N(C)C(=O)C2CCC2)CC1. The molecule has 0 radical (unpaired) electrons. The van der Waals surface area contributed by atoms with Gasteiger partial charge in [-0.3, -0.25) is 9.59 Å². The lowest BCUT2D eigenvalue weighted by Gasteiger charge is -2.42. The Balaban J connectivity index is 1.72. The fraction of sp³-hybridized carbons (Fsp3) is 0.652. The first-order chi connectivity index (χ1) is 13.5. The quantitative estimate of drug-likeness (QED) is 0.724. The van der Waals surface area contributed by atoms with E-state index in [1.54, 1.807) is 7.11 Å². The Hall–Kier alpha value is -1.88. The lowest BCUT2D eigenvalue weighted by Crippen LogP contribution is -2.50. The molecule has 0 N–H and O–H groups in total. The number of likely N-dealkylation sites (tertiary alicyclic amines) is 1. The second-order valence-electron chi connectivity index (χ2n) is 8.43. The fourth-order valence-electron chi connectivity index (χ4n) is 4.54. The number of hydrogen-bond donors (Lipinski definition) is 0. The number of aryl methyl sites for hydroxylation is 1. The van der Waals surface area contributed by atoms with E-state index in [1.165, 1.54) is 17.5 Å². The minimum Gasteiger partial charge on any atom is -0.375 e. The lowest BCUT2D eigenvalue weighted by molar-refractivity contribution is -0.142. The van der Waals surface area contributed by atoms with Gasteiger partial charge in [0.2, 0.25) is 11.8 Å². The van der Waals surface area contributed by atoms with Gasteiger partial charge in [-0.2, -0.15) is 0 Å². The van der Waals surface area contributed by atoms with Crippen LogP contribution in [-0.4, -0.2) is 61.5 Å². The number of methoxy groups -OCH3 is 1. The second kappa shape index (κ2) is 9.55. The molecule has 1 aliphatic heterocycles. The van der Waals surface area contributed by atoms with E-state index >= 15 is 0 Å². The van der Waals surface area contributed by atoms with Gasteiger partial charge >= 0.3 is 0 Å². The van der Waals surface area contributed by atoms with Gasteiger partial charge in [0.1, 0.15) is 6.61 Å². The largest absolute Gasteiger partial charge is 0.375 e. The zero-order chi connectivity index (χ0) is 20.1. The topological polar surface area (TPSA) is 49.9 Å². The summed E-state index contributed by atoms with van der Waals surface area (Å²) in [4.78, 5) is 29.0. The number of rotatable bonds is 7. The van der Waals surface area contributed by atoms with E-state index in [0.717, 1.165) is 45.2 Å². The number of hydrogen-bond acceptors (Lipinski definition) is 3. The Morgan fingerprint density at radius 1 is 1.18 bits per heavy atom. The van der Waals surface area contributed by atoms with Gasteiger partial charge in [0.15, 0.2) is 0 Å². The lowest BCUT2D eigenvalue weighted by atomic mass is 9.81. The van der Waals surface area contributed by atoms with Crippen LogP contribution < -0.4 is 0 Å². The smallest absolute Gasteiger partial charge is 0.248 e. The molecule has 1 aromatic carbocycles. The predicted octanol–water partition coefficient (Wildman–Crippen LogP) is 3.05. The molecule has 0 bridgehead atoms. The molecule has 3 rings (SSSR count). The van der Waals surface area contributed by atoms with E-state index in [4.69, 9.17) is 4.74 Å². The normalized spacial score (nSPS) is 19.2. The number of piperidine rings is 1.